The Kier molecular flexibility index (Phi) is 4.89. The maximum Gasteiger partial charge on any atom is 0.274 e. The van der Waals surface area contributed by atoms with E-state index in [1.54, 1.807) is 24.2 Å². The molecule has 0 spiro atoms. The first-order chi connectivity index (χ1) is 12.2. The monoisotopic (exact) mass is 334 g/mol. The maximum atomic E-state index is 12.3. The van der Waals surface area contributed by atoms with Crippen LogP contribution < -0.4 is 10.2 Å². The van der Waals surface area contributed by atoms with Crippen LogP contribution in [0.1, 0.15) is 21.6 Å². The fraction of sp³-hybridized carbons (Fsp3) is 0.105. The molecule has 0 aliphatic rings. The number of nitrogens with one attached hydrogen (secondary N) is 1. The summed E-state index contributed by atoms with van der Waals surface area (Å²) < 4.78 is 6.82. The number of para-hydroxylation sites is 1. The highest BCUT2D eigenvalue weighted by atomic mass is 16.5. The molecular formula is C19H18N4O2. The van der Waals surface area contributed by atoms with Crippen molar-refractivity contribution in [2.75, 3.05) is 7.11 Å². The lowest BCUT2D eigenvalue weighted by Gasteiger charge is -2.04. The predicted molar refractivity (Wildman–Crippen MR) is 96.4 cm³/mol. The lowest BCUT2D eigenvalue weighted by molar-refractivity contribution is 0.0954. The molecule has 0 aliphatic carbocycles. The highest BCUT2D eigenvalue weighted by molar-refractivity contribution is 5.95. The van der Waals surface area contributed by atoms with Gasteiger partial charge in [0.05, 0.1) is 36.5 Å². The van der Waals surface area contributed by atoms with E-state index >= 15 is 0 Å². The molecule has 6 nitrogen and oxygen atoms in total. The van der Waals surface area contributed by atoms with Crippen LogP contribution in [0.2, 0.25) is 0 Å². The summed E-state index contributed by atoms with van der Waals surface area (Å²) >= 11 is 0. The van der Waals surface area contributed by atoms with E-state index in [0.717, 1.165) is 22.7 Å². The third-order valence-electron chi connectivity index (χ3n) is 3.75. The Morgan fingerprint density at radius 3 is 2.56 bits per heavy atom. The van der Waals surface area contributed by atoms with Gasteiger partial charge in [0, 0.05) is 0 Å². The fourth-order valence-corrected chi connectivity index (χ4v) is 2.38. The van der Waals surface area contributed by atoms with E-state index < -0.39 is 0 Å². The van der Waals surface area contributed by atoms with Crippen LogP contribution in [0.3, 0.4) is 0 Å². The molecule has 1 heterocycles. The van der Waals surface area contributed by atoms with E-state index in [-0.39, 0.29) is 5.91 Å². The smallest absolute Gasteiger partial charge is 0.274 e. The molecule has 0 atom stereocenters. The van der Waals surface area contributed by atoms with Crippen molar-refractivity contribution >= 4 is 12.1 Å². The van der Waals surface area contributed by atoms with Crippen LogP contribution in [0.4, 0.5) is 0 Å². The van der Waals surface area contributed by atoms with Crippen LogP contribution in [0.5, 0.6) is 5.75 Å². The Morgan fingerprint density at radius 2 is 1.88 bits per heavy atom. The summed E-state index contributed by atoms with van der Waals surface area (Å²) in [6.45, 7) is 1.85. The first-order valence-electron chi connectivity index (χ1n) is 7.76. The van der Waals surface area contributed by atoms with Crippen molar-refractivity contribution in [2.24, 2.45) is 5.10 Å². The number of methoxy groups -OCH3 is 1. The van der Waals surface area contributed by atoms with Gasteiger partial charge in [-0.05, 0) is 48.9 Å². The van der Waals surface area contributed by atoms with Crippen molar-refractivity contribution in [1.82, 2.24) is 15.2 Å². The van der Waals surface area contributed by atoms with Gasteiger partial charge in [0.15, 0.2) is 0 Å². The molecule has 3 aromatic rings. The van der Waals surface area contributed by atoms with Crippen molar-refractivity contribution in [1.29, 1.82) is 0 Å². The molecule has 6 heteroatoms. The molecule has 0 saturated heterocycles. The minimum absolute atomic E-state index is 0.301. The molecule has 0 unspecified atom stereocenters. The number of carbonyl (C=O) groups excluding carboxylic acids is 1. The number of ether oxygens (including phenoxy) is 1. The van der Waals surface area contributed by atoms with Gasteiger partial charge in [-0.25, -0.2) is 10.1 Å². The summed E-state index contributed by atoms with van der Waals surface area (Å²) in [5.74, 6) is 0.467. The summed E-state index contributed by atoms with van der Waals surface area (Å²) in [5.41, 5.74) is 5.53. The van der Waals surface area contributed by atoms with Gasteiger partial charge in [0.1, 0.15) is 5.75 Å². The number of hydrogen-bond acceptors (Lipinski definition) is 4. The molecule has 0 saturated carbocycles. The third kappa shape index (κ3) is 3.74. The van der Waals surface area contributed by atoms with Crippen molar-refractivity contribution in [3.63, 3.8) is 0 Å². The molecular weight excluding hydrogens is 316 g/mol. The first-order valence-corrected chi connectivity index (χ1v) is 7.76. The van der Waals surface area contributed by atoms with Gasteiger partial charge in [-0.3, -0.25) is 4.79 Å². The molecule has 0 radical (unpaired) electrons. The average molecular weight is 334 g/mol. The summed E-state index contributed by atoms with van der Waals surface area (Å²) in [6, 6.07) is 17.0. The standard InChI is InChI=1S/C19H18N4O2/c1-14-18(13-21-23(14)16-6-4-3-5-7-16)19(24)22-20-12-15-8-10-17(25-2)11-9-15/h3-13H,1-2H3,(H,22,24)/b20-12+. The number of aromatic nitrogens is 2. The minimum Gasteiger partial charge on any atom is -0.497 e. The number of nitrogens with zero attached hydrogens (tertiary/aromatic N) is 3. The minimum atomic E-state index is -0.301. The number of benzene rings is 2. The largest absolute Gasteiger partial charge is 0.497 e. The molecule has 1 amide bonds. The van der Waals surface area contributed by atoms with Gasteiger partial charge in [-0.15, -0.1) is 0 Å². The van der Waals surface area contributed by atoms with Crippen molar-refractivity contribution in [3.8, 4) is 11.4 Å². The molecule has 0 fully saturated rings. The van der Waals surface area contributed by atoms with Gasteiger partial charge in [-0.2, -0.15) is 10.2 Å². The number of hydrogen-bond donors (Lipinski definition) is 1. The zero-order valence-electron chi connectivity index (χ0n) is 14.0. The zero-order chi connectivity index (χ0) is 17.6. The van der Waals surface area contributed by atoms with Crippen LogP contribution in [0, 0.1) is 6.92 Å². The van der Waals surface area contributed by atoms with Crippen molar-refractivity contribution in [2.45, 2.75) is 6.92 Å². The molecule has 3 rings (SSSR count). The van der Waals surface area contributed by atoms with Crippen molar-refractivity contribution < 1.29 is 9.53 Å². The van der Waals surface area contributed by atoms with E-state index in [2.05, 4.69) is 15.6 Å². The molecule has 25 heavy (non-hydrogen) atoms. The summed E-state index contributed by atoms with van der Waals surface area (Å²) in [5, 5.41) is 8.28. The highest BCUT2D eigenvalue weighted by Gasteiger charge is 2.14. The van der Waals surface area contributed by atoms with E-state index in [9.17, 15) is 4.79 Å². The zero-order valence-corrected chi connectivity index (χ0v) is 14.0. The second kappa shape index (κ2) is 7.44. The molecule has 126 valence electrons. The summed E-state index contributed by atoms with van der Waals surface area (Å²) in [6.07, 6.45) is 3.12. The molecule has 2 aromatic carbocycles. The van der Waals surface area contributed by atoms with E-state index in [0.29, 0.717) is 5.56 Å². The Balaban J connectivity index is 1.69. The molecule has 1 aromatic heterocycles. The van der Waals surface area contributed by atoms with E-state index in [4.69, 9.17) is 4.74 Å². The van der Waals surface area contributed by atoms with Gasteiger partial charge in [0.25, 0.3) is 5.91 Å². The molecule has 1 N–H and O–H groups in total. The first kappa shape index (κ1) is 16.4. The Bertz CT molecular complexity index is 884. The Hall–Kier alpha value is -3.41. The number of rotatable bonds is 5. The van der Waals surface area contributed by atoms with Crippen molar-refractivity contribution in [3.05, 3.63) is 77.6 Å². The predicted octanol–water partition coefficient (Wildman–Crippen LogP) is 2.95. The van der Waals surface area contributed by atoms with Gasteiger partial charge in [-0.1, -0.05) is 18.2 Å². The molecule has 0 aliphatic heterocycles. The summed E-state index contributed by atoms with van der Waals surface area (Å²) in [4.78, 5) is 12.3. The van der Waals surface area contributed by atoms with Crippen LogP contribution in [-0.4, -0.2) is 29.0 Å². The summed E-state index contributed by atoms with van der Waals surface area (Å²) in [7, 11) is 1.61. The lowest BCUT2D eigenvalue weighted by Crippen LogP contribution is -2.18. The highest BCUT2D eigenvalue weighted by Crippen LogP contribution is 2.14. The Labute approximate surface area is 145 Å². The molecule has 0 bridgehead atoms. The van der Waals surface area contributed by atoms with E-state index in [1.807, 2.05) is 61.5 Å². The maximum absolute atomic E-state index is 12.3. The number of carbonyl (C=O) groups is 1. The Morgan fingerprint density at radius 1 is 1.16 bits per heavy atom. The van der Waals surface area contributed by atoms with Crippen LogP contribution >= 0.6 is 0 Å². The normalized spacial score (nSPS) is 10.8. The van der Waals surface area contributed by atoms with Crippen LogP contribution in [0.25, 0.3) is 5.69 Å². The van der Waals surface area contributed by atoms with Gasteiger partial charge in [0.2, 0.25) is 0 Å². The average Bonchev–Trinajstić information content (AvgIpc) is 3.04. The number of hydrazone groups is 1. The van der Waals surface area contributed by atoms with Gasteiger partial charge < -0.3 is 4.74 Å². The van der Waals surface area contributed by atoms with Crippen LogP contribution in [-0.2, 0) is 0 Å². The van der Waals surface area contributed by atoms with E-state index in [1.165, 1.54) is 0 Å². The fourth-order valence-electron chi connectivity index (χ4n) is 2.38. The third-order valence-corrected chi connectivity index (χ3v) is 3.75. The topological polar surface area (TPSA) is 68.5 Å². The van der Waals surface area contributed by atoms with Gasteiger partial charge >= 0.3 is 0 Å². The second-order valence-electron chi connectivity index (χ2n) is 5.36. The second-order valence-corrected chi connectivity index (χ2v) is 5.36. The van der Waals surface area contributed by atoms with Crippen LogP contribution in [0.15, 0.2) is 65.9 Å². The number of amides is 1. The lowest BCUT2D eigenvalue weighted by atomic mass is 10.2. The SMILES string of the molecule is COc1ccc(/C=N/NC(=O)c2cnn(-c3ccccc3)c2C)cc1. The quantitative estimate of drug-likeness (QED) is 0.576.